The number of hydrogen-bond acceptors (Lipinski definition) is 3. The molecule has 2 aromatic rings. The summed E-state index contributed by atoms with van der Waals surface area (Å²) in [6.45, 7) is 0.0303. The third-order valence-electron chi connectivity index (χ3n) is 2.54. The first-order valence-corrected chi connectivity index (χ1v) is 7.02. The Morgan fingerprint density at radius 2 is 2.21 bits per heavy atom. The predicted octanol–water partition coefficient (Wildman–Crippen LogP) is 2.95. The van der Waals surface area contributed by atoms with Gasteiger partial charge >= 0.3 is 10.8 Å². The summed E-state index contributed by atoms with van der Waals surface area (Å²) in [6, 6.07) is 4.53. The van der Waals surface area contributed by atoms with E-state index in [0.29, 0.717) is 10.2 Å². The van der Waals surface area contributed by atoms with E-state index in [9.17, 15) is 14.0 Å². The number of rotatable bonds is 4. The van der Waals surface area contributed by atoms with E-state index in [1.54, 1.807) is 12.1 Å². The van der Waals surface area contributed by atoms with E-state index < -0.39 is 11.8 Å². The highest BCUT2D eigenvalue weighted by Crippen LogP contribution is 2.26. The molecule has 0 aliphatic rings. The quantitative estimate of drug-likeness (QED) is 0.926. The van der Waals surface area contributed by atoms with Crippen LogP contribution in [-0.2, 0) is 11.3 Å². The summed E-state index contributed by atoms with van der Waals surface area (Å²) in [5, 5.41) is 10.2. The fourth-order valence-corrected chi connectivity index (χ4v) is 2.77. The average Bonchev–Trinajstić information content (AvgIpc) is 2.68. The van der Waals surface area contributed by atoms with Crippen molar-refractivity contribution in [3.63, 3.8) is 0 Å². The van der Waals surface area contributed by atoms with Gasteiger partial charge in [0.2, 0.25) is 0 Å². The molecule has 0 unspecified atom stereocenters. The van der Waals surface area contributed by atoms with Gasteiger partial charge in [-0.05, 0) is 18.2 Å². The molecule has 0 fully saturated rings. The molecule has 4 nitrogen and oxygen atoms in total. The number of hydrogen-bond donors (Lipinski definition) is 1. The van der Waals surface area contributed by atoms with Crippen LogP contribution in [-0.4, -0.2) is 15.6 Å². The summed E-state index contributed by atoms with van der Waals surface area (Å²) in [4.78, 5) is 21.9. The van der Waals surface area contributed by atoms with Crippen LogP contribution >= 0.6 is 27.3 Å². The molecule has 0 saturated carbocycles. The second-order valence-electron chi connectivity index (χ2n) is 3.81. The van der Waals surface area contributed by atoms with Crippen LogP contribution in [0.4, 0.5) is 4.39 Å². The lowest BCUT2D eigenvalue weighted by atomic mass is 10.1. The molecular formula is C12H9BrFNO3S. The Hall–Kier alpha value is -1.47. The summed E-state index contributed by atoms with van der Waals surface area (Å²) in [5.41, 5.74) is 0.688. The third-order valence-corrected chi connectivity index (χ3v) is 3.80. The van der Waals surface area contributed by atoms with Crippen molar-refractivity contribution in [2.45, 2.75) is 13.0 Å². The molecule has 19 heavy (non-hydrogen) atoms. The topological polar surface area (TPSA) is 59.3 Å². The summed E-state index contributed by atoms with van der Waals surface area (Å²) in [5.74, 6) is -1.46. The fourth-order valence-electron chi connectivity index (χ4n) is 1.66. The first-order chi connectivity index (χ1) is 8.99. The lowest BCUT2D eigenvalue weighted by molar-refractivity contribution is -0.137. The number of halogens is 2. The van der Waals surface area contributed by atoms with Crippen LogP contribution < -0.4 is 4.87 Å². The van der Waals surface area contributed by atoms with Crippen LogP contribution in [0, 0.1) is 5.82 Å². The van der Waals surface area contributed by atoms with Gasteiger partial charge in [-0.15, -0.1) is 0 Å². The Balaban J connectivity index is 2.45. The van der Waals surface area contributed by atoms with Gasteiger partial charge < -0.3 is 5.11 Å². The Morgan fingerprint density at radius 1 is 1.47 bits per heavy atom. The zero-order valence-electron chi connectivity index (χ0n) is 9.60. The minimum Gasteiger partial charge on any atom is -0.481 e. The van der Waals surface area contributed by atoms with E-state index >= 15 is 0 Å². The molecule has 7 heteroatoms. The molecule has 1 aromatic carbocycles. The van der Waals surface area contributed by atoms with Crippen molar-refractivity contribution in [1.82, 2.24) is 4.57 Å². The third kappa shape index (κ3) is 3.10. The minimum absolute atomic E-state index is 0.0303. The zero-order chi connectivity index (χ0) is 14.0. The van der Waals surface area contributed by atoms with E-state index in [1.807, 2.05) is 0 Å². The normalized spacial score (nSPS) is 10.6. The van der Waals surface area contributed by atoms with Gasteiger partial charge in [0.25, 0.3) is 0 Å². The highest BCUT2D eigenvalue weighted by molar-refractivity contribution is 9.10. The van der Waals surface area contributed by atoms with E-state index in [0.717, 1.165) is 11.3 Å². The number of carboxylic acid groups (broad SMARTS) is 1. The van der Waals surface area contributed by atoms with Crippen molar-refractivity contribution in [2.24, 2.45) is 0 Å². The predicted molar refractivity (Wildman–Crippen MR) is 73.9 cm³/mol. The largest absolute Gasteiger partial charge is 0.481 e. The number of aliphatic carboxylic acids is 1. The molecule has 0 amide bonds. The maximum absolute atomic E-state index is 13.9. The smallest absolute Gasteiger partial charge is 0.307 e. The van der Waals surface area contributed by atoms with Crippen molar-refractivity contribution < 1.29 is 14.3 Å². The molecule has 0 atom stereocenters. The zero-order valence-corrected chi connectivity index (χ0v) is 12.0. The molecule has 1 aromatic heterocycles. The summed E-state index contributed by atoms with van der Waals surface area (Å²) in [6.07, 6.45) is -0.179. The number of carbonyl (C=O) groups is 1. The van der Waals surface area contributed by atoms with Crippen molar-refractivity contribution in [2.75, 3.05) is 0 Å². The van der Waals surface area contributed by atoms with Crippen LogP contribution in [0.25, 0.3) is 11.3 Å². The maximum atomic E-state index is 13.9. The van der Waals surface area contributed by atoms with E-state index in [1.165, 1.54) is 16.0 Å². The summed E-state index contributed by atoms with van der Waals surface area (Å²) < 4.78 is 15.8. The molecule has 0 radical (unpaired) electrons. The van der Waals surface area contributed by atoms with E-state index in [2.05, 4.69) is 15.9 Å². The van der Waals surface area contributed by atoms with Gasteiger partial charge in [-0.3, -0.25) is 14.2 Å². The molecule has 1 heterocycles. The molecule has 0 spiro atoms. The fraction of sp³-hybridized carbons (Fsp3) is 0.167. The number of nitrogens with zero attached hydrogens (tertiary/aromatic N) is 1. The minimum atomic E-state index is -1.000. The second kappa shape index (κ2) is 5.66. The second-order valence-corrected chi connectivity index (χ2v) is 5.54. The SMILES string of the molecule is O=C(O)CCn1c(-c2ccc(Br)cc2F)csc1=O. The van der Waals surface area contributed by atoms with Gasteiger partial charge in [0.1, 0.15) is 5.82 Å². The molecule has 0 aliphatic carbocycles. The first-order valence-electron chi connectivity index (χ1n) is 5.34. The van der Waals surface area contributed by atoms with Crippen molar-refractivity contribution in [3.8, 4) is 11.3 Å². The van der Waals surface area contributed by atoms with Crippen molar-refractivity contribution in [3.05, 3.63) is 43.5 Å². The van der Waals surface area contributed by atoms with Gasteiger partial charge in [0.15, 0.2) is 0 Å². The Morgan fingerprint density at radius 3 is 2.84 bits per heavy atom. The van der Waals surface area contributed by atoms with Crippen LogP contribution in [0.1, 0.15) is 6.42 Å². The molecule has 0 saturated heterocycles. The maximum Gasteiger partial charge on any atom is 0.307 e. The Kier molecular flexibility index (Phi) is 4.16. The monoisotopic (exact) mass is 345 g/mol. The van der Waals surface area contributed by atoms with E-state index in [4.69, 9.17) is 5.11 Å². The Bertz CT molecular complexity index is 680. The van der Waals surface area contributed by atoms with Gasteiger partial charge in [-0.25, -0.2) is 4.39 Å². The number of carboxylic acids is 1. The molecule has 1 N–H and O–H groups in total. The van der Waals surface area contributed by atoms with E-state index in [-0.39, 0.29) is 23.4 Å². The molecule has 2 rings (SSSR count). The lowest BCUT2D eigenvalue weighted by Gasteiger charge is -2.07. The Labute approximate surface area is 120 Å². The standard InChI is InChI=1S/C12H9BrFNO3S/c13-7-1-2-8(9(14)5-7)10-6-19-12(18)15(10)4-3-11(16)17/h1-2,5-6H,3-4H2,(H,16,17). The highest BCUT2D eigenvalue weighted by atomic mass is 79.9. The highest BCUT2D eigenvalue weighted by Gasteiger charge is 2.14. The van der Waals surface area contributed by atoms with Crippen LogP contribution in [0.2, 0.25) is 0 Å². The molecule has 0 bridgehead atoms. The number of thiazole rings is 1. The van der Waals surface area contributed by atoms with Gasteiger partial charge in [0.05, 0.1) is 12.1 Å². The van der Waals surface area contributed by atoms with Crippen LogP contribution in [0.5, 0.6) is 0 Å². The van der Waals surface area contributed by atoms with Crippen molar-refractivity contribution >= 4 is 33.2 Å². The first kappa shape index (κ1) is 14.0. The lowest BCUT2D eigenvalue weighted by Crippen LogP contribution is -2.16. The molecular weight excluding hydrogens is 337 g/mol. The van der Waals surface area contributed by atoms with Gasteiger partial charge in [0, 0.05) is 22.0 Å². The summed E-state index contributed by atoms with van der Waals surface area (Å²) in [7, 11) is 0. The van der Waals surface area contributed by atoms with Crippen molar-refractivity contribution in [1.29, 1.82) is 0 Å². The summed E-state index contributed by atoms with van der Waals surface area (Å²) >= 11 is 4.09. The number of benzene rings is 1. The molecule has 100 valence electrons. The van der Waals surface area contributed by atoms with Gasteiger partial charge in [-0.2, -0.15) is 0 Å². The average molecular weight is 346 g/mol. The van der Waals surface area contributed by atoms with Gasteiger partial charge in [-0.1, -0.05) is 27.3 Å². The van der Waals surface area contributed by atoms with Crippen LogP contribution in [0.15, 0.2) is 32.8 Å². The van der Waals surface area contributed by atoms with Crippen LogP contribution in [0.3, 0.4) is 0 Å². The number of aromatic nitrogens is 1. The molecule has 0 aliphatic heterocycles.